The first-order chi connectivity index (χ1) is 16.3. The second-order valence-electron chi connectivity index (χ2n) is 8.01. The number of hydrogen-bond donors (Lipinski definition) is 0. The average Bonchev–Trinajstić information content (AvgIpc) is 3.26. The number of benzene rings is 4. The molecule has 4 aromatic carbocycles. The van der Waals surface area contributed by atoms with Crippen molar-refractivity contribution >= 4 is 21.9 Å². The van der Waals surface area contributed by atoms with Gasteiger partial charge in [0.1, 0.15) is 22.9 Å². The van der Waals surface area contributed by atoms with Gasteiger partial charge in [0.15, 0.2) is 0 Å². The smallest absolute Gasteiger partial charge is 0.141 e. The SMILES string of the molecule is N#Cc1cc(-c2cccc(-c3ccc4c(c3)oc3cc(-c5ccccc5)ccc34)c2)ccn1. The Morgan fingerprint density at radius 1 is 0.545 bits per heavy atom. The van der Waals surface area contributed by atoms with Crippen LogP contribution in [-0.4, -0.2) is 4.98 Å². The summed E-state index contributed by atoms with van der Waals surface area (Å²) in [4.78, 5) is 4.07. The van der Waals surface area contributed by atoms with Gasteiger partial charge in [-0.25, -0.2) is 4.98 Å². The third kappa shape index (κ3) is 3.44. The van der Waals surface area contributed by atoms with E-state index in [0.717, 1.165) is 49.8 Å². The fourth-order valence-corrected chi connectivity index (χ4v) is 4.32. The highest BCUT2D eigenvalue weighted by atomic mass is 16.3. The van der Waals surface area contributed by atoms with Gasteiger partial charge < -0.3 is 4.42 Å². The number of pyridine rings is 1. The Balaban J connectivity index is 1.42. The number of nitriles is 1. The quantitative estimate of drug-likeness (QED) is 0.292. The Bertz CT molecular complexity index is 1670. The molecule has 0 radical (unpaired) electrons. The van der Waals surface area contributed by atoms with E-state index in [2.05, 4.69) is 71.7 Å². The number of furan rings is 1. The van der Waals surface area contributed by atoms with Crippen LogP contribution < -0.4 is 0 Å². The Kier molecular flexibility index (Phi) is 4.49. The van der Waals surface area contributed by atoms with E-state index in [4.69, 9.17) is 9.68 Å². The van der Waals surface area contributed by atoms with Crippen molar-refractivity contribution in [1.29, 1.82) is 5.26 Å². The van der Waals surface area contributed by atoms with Crippen LogP contribution in [0.25, 0.3) is 55.3 Å². The van der Waals surface area contributed by atoms with Crippen molar-refractivity contribution in [2.75, 3.05) is 0 Å². The van der Waals surface area contributed by atoms with Gasteiger partial charge in [-0.05, 0) is 75.8 Å². The first-order valence-electron chi connectivity index (χ1n) is 10.8. The third-order valence-electron chi connectivity index (χ3n) is 5.98. The summed E-state index contributed by atoms with van der Waals surface area (Å²) in [6, 6.07) is 37.2. The largest absolute Gasteiger partial charge is 0.456 e. The molecule has 0 aliphatic heterocycles. The Labute approximate surface area is 191 Å². The summed E-state index contributed by atoms with van der Waals surface area (Å²) >= 11 is 0. The van der Waals surface area contributed by atoms with E-state index in [-0.39, 0.29) is 0 Å². The fraction of sp³-hybridized carbons (Fsp3) is 0. The molecule has 6 aromatic rings. The Morgan fingerprint density at radius 2 is 1.12 bits per heavy atom. The second-order valence-corrected chi connectivity index (χ2v) is 8.01. The lowest BCUT2D eigenvalue weighted by atomic mass is 9.98. The molecule has 0 bridgehead atoms. The molecule has 3 nitrogen and oxygen atoms in total. The molecule has 2 heterocycles. The lowest BCUT2D eigenvalue weighted by molar-refractivity contribution is 0.669. The van der Waals surface area contributed by atoms with Gasteiger partial charge in [-0.15, -0.1) is 0 Å². The molecule has 0 spiro atoms. The molecule has 33 heavy (non-hydrogen) atoms. The monoisotopic (exact) mass is 422 g/mol. The zero-order chi connectivity index (χ0) is 22.2. The first kappa shape index (κ1) is 19.0. The van der Waals surface area contributed by atoms with Crippen LogP contribution in [0.15, 0.2) is 114 Å². The lowest BCUT2D eigenvalue weighted by Gasteiger charge is -2.06. The van der Waals surface area contributed by atoms with Crippen LogP contribution >= 0.6 is 0 Å². The topological polar surface area (TPSA) is 49.8 Å². The minimum Gasteiger partial charge on any atom is -0.456 e. The summed E-state index contributed by atoms with van der Waals surface area (Å²) in [6.07, 6.45) is 1.67. The molecule has 6 rings (SSSR count). The third-order valence-corrected chi connectivity index (χ3v) is 5.98. The Hall–Kier alpha value is -4.68. The maximum absolute atomic E-state index is 9.16. The van der Waals surface area contributed by atoms with E-state index >= 15 is 0 Å². The molecule has 0 unspecified atom stereocenters. The minimum absolute atomic E-state index is 0.413. The molecule has 2 aromatic heterocycles. The van der Waals surface area contributed by atoms with Gasteiger partial charge in [0.25, 0.3) is 0 Å². The maximum Gasteiger partial charge on any atom is 0.141 e. The van der Waals surface area contributed by atoms with Crippen molar-refractivity contribution in [3.8, 4) is 39.4 Å². The standard InChI is InChI=1S/C30H18N2O/c31-19-26-16-25(13-14-32-26)22-8-4-7-21(15-22)24-10-12-28-27-11-9-23(20-5-2-1-3-6-20)17-29(27)33-30(28)18-24/h1-18H. The van der Waals surface area contributed by atoms with Crippen LogP contribution in [0.4, 0.5) is 0 Å². The van der Waals surface area contributed by atoms with Crippen molar-refractivity contribution in [2.24, 2.45) is 0 Å². The van der Waals surface area contributed by atoms with E-state index < -0.39 is 0 Å². The highest BCUT2D eigenvalue weighted by molar-refractivity contribution is 6.07. The summed E-state index contributed by atoms with van der Waals surface area (Å²) in [5.41, 5.74) is 8.68. The number of nitrogens with zero attached hydrogens (tertiary/aromatic N) is 2. The molecule has 0 aliphatic carbocycles. The van der Waals surface area contributed by atoms with Crippen LogP contribution in [0.5, 0.6) is 0 Å². The minimum atomic E-state index is 0.413. The number of fused-ring (bicyclic) bond motifs is 3. The summed E-state index contributed by atoms with van der Waals surface area (Å²) in [7, 11) is 0. The van der Waals surface area contributed by atoms with Gasteiger partial charge >= 0.3 is 0 Å². The molecule has 0 amide bonds. The highest BCUT2D eigenvalue weighted by Crippen LogP contribution is 2.35. The van der Waals surface area contributed by atoms with E-state index in [9.17, 15) is 0 Å². The lowest BCUT2D eigenvalue weighted by Crippen LogP contribution is -1.85. The van der Waals surface area contributed by atoms with E-state index in [1.54, 1.807) is 6.20 Å². The van der Waals surface area contributed by atoms with E-state index in [1.807, 2.05) is 42.5 Å². The van der Waals surface area contributed by atoms with Gasteiger partial charge in [-0.1, -0.05) is 60.7 Å². The van der Waals surface area contributed by atoms with Crippen molar-refractivity contribution < 1.29 is 4.42 Å². The molecular weight excluding hydrogens is 404 g/mol. The zero-order valence-corrected chi connectivity index (χ0v) is 17.7. The molecule has 0 saturated carbocycles. The van der Waals surface area contributed by atoms with Crippen LogP contribution in [0.2, 0.25) is 0 Å². The highest BCUT2D eigenvalue weighted by Gasteiger charge is 2.11. The second kappa shape index (κ2) is 7.78. The van der Waals surface area contributed by atoms with Crippen LogP contribution in [0.1, 0.15) is 5.69 Å². The van der Waals surface area contributed by atoms with Crippen LogP contribution in [0, 0.1) is 11.3 Å². The first-order valence-corrected chi connectivity index (χ1v) is 10.8. The van der Waals surface area contributed by atoms with Crippen LogP contribution in [-0.2, 0) is 0 Å². The molecule has 154 valence electrons. The number of aromatic nitrogens is 1. The Morgan fingerprint density at radius 3 is 1.79 bits per heavy atom. The predicted octanol–water partition coefficient (Wildman–Crippen LogP) is 7.85. The molecular formula is C30H18N2O. The maximum atomic E-state index is 9.16. The molecule has 0 saturated heterocycles. The van der Waals surface area contributed by atoms with Gasteiger partial charge in [0, 0.05) is 17.0 Å². The van der Waals surface area contributed by atoms with E-state index in [0.29, 0.717) is 5.69 Å². The summed E-state index contributed by atoms with van der Waals surface area (Å²) in [5, 5.41) is 11.4. The molecule has 0 atom stereocenters. The molecule has 0 aliphatic rings. The molecule has 0 fully saturated rings. The predicted molar refractivity (Wildman–Crippen MR) is 133 cm³/mol. The summed E-state index contributed by atoms with van der Waals surface area (Å²) < 4.78 is 6.28. The summed E-state index contributed by atoms with van der Waals surface area (Å²) in [5.74, 6) is 0. The van der Waals surface area contributed by atoms with Crippen LogP contribution in [0.3, 0.4) is 0 Å². The van der Waals surface area contributed by atoms with Crippen molar-refractivity contribution in [3.63, 3.8) is 0 Å². The van der Waals surface area contributed by atoms with Crippen molar-refractivity contribution in [3.05, 3.63) is 115 Å². The molecule has 3 heteroatoms. The average molecular weight is 422 g/mol. The van der Waals surface area contributed by atoms with Gasteiger partial charge in [0.05, 0.1) is 0 Å². The van der Waals surface area contributed by atoms with Crippen molar-refractivity contribution in [1.82, 2.24) is 4.98 Å². The zero-order valence-electron chi connectivity index (χ0n) is 17.7. The van der Waals surface area contributed by atoms with Gasteiger partial charge in [-0.2, -0.15) is 5.26 Å². The van der Waals surface area contributed by atoms with E-state index in [1.165, 1.54) is 5.56 Å². The van der Waals surface area contributed by atoms with Crippen molar-refractivity contribution in [2.45, 2.75) is 0 Å². The number of hydrogen-bond acceptors (Lipinski definition) is 3. The van der Waals surface area contributed by atoms with Gasteiger partial charge in [0.2, 0.25) is 0 Å². The molecule has 0 N–H and O–H groups in total. The van der Waals surface area contributed by atoms with Gasteiger partial charge in [-0.3, -0.25) is 0 Å². The normalized spacial score (nSPS) is 11.0. The number of rotatable bonds is 3. The summed E-state index contributed by atoms with van der Waals surface area (Å²) in [6.45, 7) is 0. The fourth-order valence-electron chi connectivity index (χ4n) is 4.32.